The van der Waals surface area contributed by atoms with Crippen molar-refractivity contribution in [2.45, 2.75) is 0 Å². The summed E-state index contributed by atoms with van der Waals surface area (Å²) in [7, 11) is 2.92. The standard InChI is InChI=1S/C23H18BrN3O4/c1-30-19-12-17(18(27(28)29)13-20(19)31-2)23-25-21(14-6-4-3-5-7-14)22(26-23)15-8-10-16(24)11-9-15/h3-13H,1-2H3,(H,25,26). The Bertz CT molecular complexity index is 1240. The number of nitrogens with one attached hydrogen (secondary N) is 1. The van der Waals surface area contributed by atoms with Crippen molar-refractivity contribution in [3.63, 3.8) is 0 Å². The predicted octanol–water partition coefficient (Wildman–Crippen LogP) is 6.10. The SMILES string of the molecule is COc1cc(-c2nc(-c3ccccc3)c(-c3ccc(Br)cc3)[nH]2)c([N+](=O)[O-])cc1OC. The third kappa shape index (κ3) is 4.02. The van der Waals surface area contributed by atoms with E-state index in [1.54, 1.807) is 6.07 Å². The molecular formula is C23H18BrN3O4. The lowest BCUT2D eigenvalue weighted by molar-refractivity contribution is -0.384. The van der Waals surface area contributed by atoms with Crippen LogP contribution >= 0.6 is 15.9 Å². The van der Waals surface area contributed by atoms with Crippen molar-refractivity contribution < 1.29 is 14.4 Å². The lowest BCUT2D eigenvalue weighted by atomic mass is 10.1. The second kappa shape index (κ2) is 8.61. The molecular weight excluding hydrogens is 462 g/mol. The first kappa shape index (κ1) is 20.6. The van der Waals surface area contributed by atoms with Gasteiger partial charge in [-0.1, -0.05) is 58.4 Å². The zero-order valence-electron chi connectivity index (χ0n) is 16.8. The molecule has 0 bridgehead atoms. The smallest absolute Gasteiger partial charge is 0.284 e. The van der Waals surface area contributed by atoms with Crippen molar-refractivity contribution in [1.82, 2.24) is 9.97 Å². The second-order valence-corrected chi connectivity index (χ2v) is 7.58. The van der Waals surface area contributed by atoms with Crippen LogP contribution in [0.25, 0.3) is 33.9 Å². The number of aromatic amines is 1. The van der Waals surface area contributed by atoms with Crippen molar-refractivity contribution in [3.8, 4) is 45.4 Å². The summed E-state index contributed by atoms with van der Waals surface area (Å²) in [5, 5.41) is 11.8. The van der Waals surface area contributed by atoms with E-state index < -0.39 is 4.92 Å². The molecule has 156 valence electrons. The first-order chi connectivity index (χ1) is 15.0. The number of aromatic nitrogens is 2. The Hall–Kier alpha value is -3.65. The van der Waals surface area contributed by atoms with Gasteiger partial charge in [0.25, 0.3) is 5.69 Å². The summed E-state index contributed by atoms with van der Waals surface area (Å²) < 4.78 is 11.5. The number of nitrogens with zero attached hydrogens (tertiary/aromatic N) is 2. The molecule has 0 spiro atoms. The van der Waals surface area contributed by atoms with E-state index in [4.69, 9.17) is 14.5 Å². The number of H-pyrrole nitrogens is 1. The minimum Gasteiger partial charge on any atom is -0.493 e. The fourth-order valence-corrected chi connectivity index (χ4v) is 3.60. The molecule has 1 aromatic heterocycles. The minimum atomic E-state index is -0.457. The zero-order chi connectivity index (χ0) is 22.0. The molecule has 0 aliphatic rings. The van der Waals surface area contributed by atoms with E-state index in [0.717, 1.165) is 21.3 Å². The van der Waals surface area contributed by atoms with Crippen LogP contribution in [0.2, 0.25) is 0 Å². The van der Waals surface area contributed by atoms with Crippen LogP contribution in [0.3, 0.4) is 0 Å². The predicted molar refractivity (Wildman–Crippen MR) is 122 cm³/mol. The molecule has 4 aromatic rings. The Morgan fingerprint density at radius 1 is 0.935 bits per heavy atom. The number of methoxy groups -OCH3 is 2. The van der Waals surface area contributed by atoms with Crippen molar-refractivity contribution in [2.75, 3.05) is 14.2 Å². The highest BCUT2D eigenvalue weighted by Crippen LogP contribution is 2.41. The second-order valence-electron chi connectivity index (χ2n) is 6.66. The fourth-order valence-electron chi connectivity index (χ4n) is 3.34. The van der Waals surface area contributed by atoms with Crippen molar-refractivity contribution in [2.24, 2.45) is 0 Å². The molecule has 0 atom stereocenters. The summed E-state index contributed by atoms with van der Waals surface area (Å²) in [6.07, 6.45) is 0. The van der Waals surface area contributed by atoms with Gasteiger partial charge in [0.15, 0.2) is 11.5 Å². The van der Waals surface area contributed by atoms with Gasteiger partial charge in [0.05, 0.1) is 42.2 Å². The molecule has 0 aliphatic heterocycles. The van der Waals surface area contributed by atoms with E-state index in [1.165, 1.54) is 20.3 Å². The maximum atomic E-state index is 11.8. The molecule has 3 aromatic carbocycles. The molecule has 8 heteroatoms. The molecule has 31 heavy (non-hydrogen) atoms. The average Bonchev–Trinajstić information content (AvgIpc) is 3.24. The quantitative estimate of drug-likeness (QED) is 0.266. The Morgan fingerprint density at radius 2 is 1.58 bits per heavy atom. The summed E-state index contributed by atoms with van der Waals surface area (Å²) in [6.45, 7) is 0. The molecule has 0 amide bonds. The first-order valence-corrected chi connectivity index (χ1v) is 10.1. The molecule has 0 aliphatic carbocycles. The largest absolute Gasteiger partial charge is 0.493 e. The van der Waals surface area contributed by atoms with Gasteiger partial charge in [0, 0.05) is 21.7 Å². The van der Waals surface area contributed by atoms with Crippen LogP contribution in [0, 0.1) is 10.1 Å². The van der Waals surface area contributed by atoms with Crippen LogP contribution in [0.15, 0.2) is 71.2 Å². The molecule has 1 N–H and O–H groups in total. The minimum absolute atomic E-state index is 0.131. The number of hydrogen-bond donors (Lipinski definition) is 1. The Labute approximate surface area is 187 Å². The lowest BCUT2D eigenvalue weighted by Crippen LogP contribution is -1.97. The lowest BCUT2D eigenvalue weighted by Gasteiger charge is -2.09. The van der Waals surface area contributed by atoms with Crippen LogP contribution in [-0.2, 0) is 0 Å². The molecule has 0 fully saturated rings. The summed E-state index contributed by atoms with van der Waals surface area (Å²) in [4.78, 5) is 19.4. The van der Waals surface area contributed by atoms with Gasteiger partial charge in [0.1, 0.15) is 5.82 Å². The van der Waals surface area contributed by atoms with Gasteiger partial charge < -0.3 is 14.5 Å². The first-order valence-electron chi connectivity index (χ1n) is 9.34. The Balaban J connectivity index is 1.97. The molecule has 0 radical (unpaired) electrons. The summed E-state index contributed by atoms with van der Waals surface area (Å²) >= 11 is 3.45. The van der Waals surface area contributed by atoms with Gasteiger partial charge in [-0.2, -0.15) is 0 Å². The number of benzene rings is 3. The third-order valence-electron chi connectivity index (χ3n) is 4.84. The van der Waals surface area contributed by atoms with Crippen molar-refractivity contribution in [3.05, 3.63) is 81.3 Å². The van der Waals surface area contributed by atoms with E-state index in [9.17, 15) is 10.1 Å². The molecule has 1 heterocycles. The molecule has 0 saturated carbocycles. The van der Waals surface area contributed by atoms with E-state index in [-0.39, 0.29) is 11.4 Å². The fraction of sp³-hybridized carbons (Fsp3) is 0.0870. The molecule has 4 rings (SSSR count). The van der Waals surface area contributed by atoms with Crippen LogP contribution < -0.4 is 9.47 Å². The summed E-state index contributed by atoms with van der Waals surface area (Å²) in [5.41, 5.74) is 3.44. The molecule has 0 unspecified atom stereocenters. The highest BCUT2D eigenvalue weighted by molar-refractivity contribution is 9.10. The molecule has 7 nitrogen and oxygen atoms in total. The highest BCUT2D eigenvalue weighted by Gasteiger charge is 2.25. The van der Waals surface area contributed by atoms with E-state index in [0.29, 0.717) is 22.8 Å². The maximum Gasteiger partial charge on any atom is 0.284 e. The maximum absolute atomic E-state index is 11.8. The average molecular weight is 480 g/mol. The monoisotopic (exact) mass is 479 g/mol. The van der Waals surface area contributed by atoms with Crippen LogP contribution in [0.1, 0.15) is 0 Å². The van der Waals surface area contributed by atoms with Crippen LogP contribution in [0.4, 0.5) is 5.69 Å². The zero-order valence-corrected chi connectivity index (χ0v) is 18.3. The number of ether oxygens (including phenoxy) is 2. The van der Waals surface area contributed by atoms with Gasteiger partial charge in [-0.15, -0.1) is 0 Å². The third-order valence-corrected chi connectivity index (χ3v) is 5.37. The molecule has 0 saturated heterocycles. The number of nitro benzene ring substituents is 1. The van der Waals surface area contributed by atoms with Gasteiger partial charge in [0.2, 0.25) is 0 Å². The Morgan fingerprint density at radius 3 is 2.19 bits per heavy atom. The highest BCUT2D eigenvalue weighted by atomic mass is 79.9. The van der Waals surface area contributed by atoms with Crippen molar-refractivity contribution in [1.29, 1.82) is 0 Å². The number of nitro groups is 1. The van der Waals surface area contributed by atoms with Gasteiger partial charge >= 0.3 is 0 Å². The number of rotatable bonds is 6. The van der Waals surface area contributed by atoms with E-state index in [2.05, 4.69) is 20.9 Å². The van der Waals surface area contributed by atoms with Crippen LogP contribution in [-0.4, -0.2) is 29.1 Å². The van der Waals surface area contributed by atoms with E-state index >= 15 is 0 Å². The number of halogens is 1. The summed E-state index contributed by atoms with van der Waals surface area (Å²) in [6, 6.07) is 20.4. The summed E-state index contributed by atoms with van der Waals surface area (Å²) in [5.74, 6) is 1.02. The van der Waals surface area contributed by atoms with Crippen molar-refractivity contribution >= 4 is 21.6 Å². The topological polar surface area (TPSA) is 90.3 Å². The van der Waals surface area contributed by atoms with Gasteiger partial charge in [-0.3, -0.25) is 10.1 Å². The van der Waals surface area contributed by atoms with Gasteiger partial charge in [-0.05, 0) is 12.1 Å². The van der Waals surface area contributed by atoms with Gasteiger partial charge in [-0.25, -0.2) is 4.98 Å². The number of hydrogen-bond acceptors (Lipinski definition) is 5. The van der Waals surface area contributed by atoms with Crippen LogP contribution in [0.5, 0.6) is 11.5 Å². The Kier molecular flexibility index (Phi) is 5.73. The number of imidazole rings is 1. The van der Waals surface area contributed by atoms with E-state index in [1.807, 2.05) is 54.6 Å². The normalized spacial score (nSPS) is 10.7.